The van der Waals surface area contributed by atoms with Crippen LogP contribution in [0.4, 0.5) is 13.2 Å². The van der Waals surface area contributed by atoms with Crippen LogP contribution in [-0.4, -0.2) is 21.0 Å². The van der Waals surface area contributed by atoms with Crippen LogP contribution in [-0.2, 0) is 4.79 Å². The Balaban J connectivity index is 4.54. The van der Waals surface area contributed by atoms with Gasteiger partial charge in [0.1, 0.15) is 0 Å². The molecule has 1 N–H and O–H groups in total. The molecule has 0 aliphatic carbocycles. The summed E-state index contributed by atoms with van der Waals surface area (Å²) in [5.41, 5.74) is 0. The lowest BCUT2D eigenvalue weighted by atomic mass is 10.3. The van der Waals surface area contributed by atoms with Crippen LogP contribution in [0.2, 0.25) is 0 Å². The van der Waals surface area contributed by atoms with Crippen molar-refractivity contribution in [2.24, 2.45) is 0 Å². The van der Waals surface area contributed by atoms with Gasteiger partial charge in [0, 0.05) is 6.08 Å². The van der Waals surface area contributed by atoms with E-state index >= 15 is 0 Å². The largest absolute Gasteiger partial charge is 0.478 e. The Morgan fingerprint density at radius 3 is 2.17 bits per heavy atom. The van der Waals surface area contributed by atoms with Crippen LogP contribution >= 0.6 is 27.5 Å². The number of allylic oxidation sites excluding steroid dienone is 1. The van der Waals surface area contributed by atoms with Gasteiger partial charge in [0.15, 0.2) is 0 Å². The number of alkyl halides is 5. The molecular formula is C5H3BrClF3O2. The molecule has 0 fully saturated rings. The van der Waals surface area contributed by atoms with Gasteiger partial charge in [0.2, 0.25) is 0 Å². The molecule has 0 aromatic heterocycles. The third kappa shape index (κ3) is 3.44. The fourth-order valence-corrected chi connectivity index (χ4v) is 0.466. The second-order valence-corrected chi connectivity index (χ2v) is 3.34. The summed E-state index contributed by atoms with van der Waals surface area (Å²) < 4.78 is 36.8. The van der Waals surface area contributed by atoms with Crippen LogP contribution < -0.4 is 0 Å². The molecule has 0 unspecified atom stereocenters. The SMILES string of the molecule is O=C(O)C=C[C@@](F)(Cl)C(F)(F)Br. The van der Waals surface area contributed by atoms with Gasteiger partial charge in [-0.25, -0.2) is 9.18 Å². The van der Waals surface area contributed by atoms with Crippen molar-refractivity contribution in [3.63, 3.8) is 0 Å². The molecule has 12 heavy (non-hydrogen) atoms. The second-order valence-electron chi connectivity index (χ2n) is 1.79. The number of rotatable bonds is 3. The maximum absolute atomic E-state index is 12.6. The molecule has 0 radical (unpaired) electrons. The number of hydrogen-bond donors (Lipinski definition) is 1. The molecular weight excluding hydrogens is 264 g/mol. The van der Waals surface area contributed by atoms with Gasteiger partial charge in [0.25, 0.3) is 5.13 Å². The normalized spacial score (nSPS) is 17.8. The summed E-state index contributed by atoms with van der Waals surface area (Å²) in [5.74, 6) is -1.56. The Kier molecular flexibility index (Phi) is 3.59. The Hall–Kier alpha value is -0.230. The van der Waals surface area contributed by atoms with Gasteiger partial charge in [-0.05, 0) is 22.0 Å². The van der Waals surface area contributed by atoms with E-state index in [2.05, 4.69) is 11.6 Å². The quantitative estimate of drug-likeness (QED) is 0.630. The highest BCUT2D eigenvalue weighted by Crippen LogP contribution is 2.42. The van der Waals surface area contributed by atoms with Crippen LogP contribution in [0.1, 0.15) is 0 Å². The number of aliphatic carboxylic acids is 1. The monoisotopic (exact) mass is 266 g/mol. The third-order valence-electron chi connectivity index (χ3n) is 0.813. The summed E-state index contributed by atoms with van der Waals surface area (Å²) in [6.45, 7) is 0. The molecule has 0 saturated heterocycles. The van der Waals surface area contributed by atoms with Gasteiger partial charge in [-0.1, -0.05) is 11.6 Å². The Bertz CT molecular complexity index is 211. The molecule has 0 aromatic carbocycles. The van der Waals surface area contributed by atoms with Crippen molar-refractivity contribution in [1.29, 1.82) is 0 Å². The number of carboxylic acids is 1. The first-order valence-corrected chi connectivity index (χ1v) is 3.70. The third-order valence-corrected chi connectivity index (χ3v) is 1.98. The molecule has 0 spiro atoms. The van der Waals surface area contributed by atoms with Gasteiger partial charge in [0.05, 0.1) is 0 Å². The van der Waals surface area contributed by atoms with Crippen LogP contribution in [0.15, 0.2) is 12.2 Å². The topological polar surface area (TPSA) is 37.3 Å². The average Bonchev–Trinajstić information content (AvgIpc) is 1.81. The molecule has 0 heterocycles. The van der Waals surface area contributed by atoms with Crippen LogP contribution in [0, 0.1) is 0 Å². The summed E-state index contributed by atoms with van der Waals surface area (Å²) in [6, 6.07) is 0. The van der Waals surface area contributed by atoms with Crippen LogP contribution in [0.25, 0.3) is 0 Å². The molecule has 70 valence electrons. The molecule has 0 amide bonds. The fourth-order valence-electron chi connectivity index (χ4n) is 0.270. The van der Waals surface area contributed by atoms with Crippen molar-refractivity contribution >= 4 is 33.5 Å². The van der Waals surface area contributed by atoms with Gasteiger partial charge in [-0.15, -0.1) is 0 Å². The number of halogens is 5. The first-order chi connectivity index (χ1) is 5.17. The van der Waals surface area contributed by atoms with E-state index in [1.54, 1.807) is 15.9 Å². The Morgan fingerprint density at radius 1 is 1.50 bits per heavy atom. The van der Waals surface area contributed by atoms with Gasteiger partial charge in [-0.3, -0.25) is 0 Å². The standard InChI is InChI=1S/C5H3BrClF3O2/c6-5(9,10)4(7,8)2-1-3(11)12/h1-2H,(H,11,12)/t4-/m0/s1. The molecule has 0 aromatic rings. The summed E-state index contributed by atoms with van der Waals surface area (Å²) in [6.07, 6.45) is 0.244. The predicted octanol–water partition coefficient (Wildman–Crippen LogP) is 2.52. The number of carbonyl (C=O) groups is 1. The molecule has 1 atom stereocenters. The van der Waals surface area contributed by atoms with E-state index in [1.165, 1.54) is 0 Å². The molecule has 2 nitrogen and oxygen atoms in total. The maximum atomic E-state index is 12.6. The summed E-state index contributed by atoms with van der Waals surface area (Å²) in [4.78, 5) is 5.79. The van der Waals surface area contributed by atoms with E-state index in [9.17, 15) is 18.0 Å². The zero-order chi connectivity index (χ0) is 9.99. The summed E-state index contributed by atoms with van der Waals surface area (Å²) >= 11 is 6.31. The highest BCUT2D eigenvalue weighted by Gasteiger charge is 2.49. The Morgan fingerprint density at radius 2 is 1.92 bits per heavy atom. The van der Waals surface area contributed by atoms with E-state index in [1.807, 2.05) is 0 Å². The second kappa shape index (κ2) is 3.66. The zero-order valence-corrected chi connectivity index (χ0v) is 7.74. The molecule has 0 rings (SSSR count). The number of carboxylic acid groups (broad SMARTS) is 1. The summed E-state index contributed by atoms with van der Waals surface area (Å²) in [5, 5.41) is 4.43. The highest BCUT2D eigenvalue weighted by atomic mass is 79.9. The molecule has 0 aliphatic rings. The van der Waals surface area contributed by atoms with Crippen molar-refractivity contribution in [3.8, 4) is 0 Å². The lowest BCUT2D eigenvalue weighted by Gasteiger charge is -2.18. The van der Waals surface area contributed by atoms with Crippen molar-refractivity contribution in [2.75, 3.05) is 0 Å². The smallest absolute Gasteiger partial charge is 0.352 e. The number of hydrogen-bond acceptors (Lipinski definition) is 1. The molecule has 0 bridgehead atoms. The minimum Gasteiger partial charge on any atom is -0.478 e. The highest BCUT2D eigenvalue weighted by molar-refractivity contribution is 9.10. The predicted molar refractivity (Wildman–Crippen MR) is 40.3 cm³/mol. The van der Waals surface area contributed by atoms with Gasteiger partial charge < -0.3 is 5.11 Å². The molecule has 0 saturated carbocycles. The summed E-state index contributed by atoms with van der Waals surface area (Å²) in [7, 11) is 0. The minimum atomic E-state index is -4.01. The minimum absolute atomic E-state index is 0.0473. The molecule has 7 heteroatoms. The van der Waals surface area contributed by atoms with E-state index in [-0.39, 0.29) is 12.2 Å². The molecule has 0 aliphatic heterocycles. The zero-order valence-electron chi connectivity index (χ0n) is 5.40. The van der Waals surface area contributed by atoms with Crippen molar-refractivity contribution < 1.29 is 23.1 Å². The van der Waals surface area contributed by atoms with Crippen molar-refractivity contribution in [1.82, 2.24) is 0 Å². The first kappa shape index (κ1) is 11.8. The first-order valence-electron chi connectivity index (χ1n) is 2.53. The lowest BCUT2D eigenvalue weighted by Crippen LogP contribution is -2.31. The maximum Gasteiger partial charge on any atom is 0.352 e. The van der Waals surface area contributed by atoms with Crippen LogP contribution in [0.3, 0.4) is 0 Å². The van der Waals surface area contributed by atoms with E-state index in [0.29, 0.717) is 0 Å². The van der Waals surface area contributed by atoms with Crippen molar-refractivity contribution in [2.45, 2.75) is 9.96 Å². The fraction of sp³-hybridized carbons (Fsp3) is 0.400. The van der Waals surface area contributed by atoms with Crippen molar-refractivity contribution in [3.05, 3.63) is 12.2 Å². The average molecular weight is 267 g/mol. The van der Waals surface area contributed by atoms with E-state index in [4.69, 9.17) is 5.11 Å². The van der Waals surface area contributed by atoms with E-state index in [0.717, 1.165) is 0 Å². The van der Waals surface area contributed by atoms with Crippen LogP contribution in [0.5, 0.6) is 0 Å². The van der Waals surface area contributed by atoms with Gasteiger partial charge in [-0.2, -0.15) is 8.78 Å². The van der Waals surface area contributed by atoms with E-state index < -0.39 is 15.9 Å². The van der Waals surface area contributed by atoms with Gasteiger partial charge >= 0.3 is 10.8 Å². The Labute approximate surface area is 79.1 Å². The lowest BCUT2D eigenvalue weighted by molar-refractivity contribution is -0.131.